The first kappa shape index (κ1) is 15.0. The van der Waals surface area contributed by atoms with Crippen molar-refractivity contribution in [3.63, 3.8) is 0 Å². The van der Waals surface area contributed by atoms with Crippen molar-refractivity contribution in [2.45, 2.75) is 58.4 Å². The lowest BCUT2D eigenvalue weighted by Crippen LogP contribution is -2.36. The van der Waals surface area contributed by atoms with Gasteiger partial charge in [0.25, 0.3) is 0 Å². The van der Waals surface area contributed by atoms with Gasteiger partial charge in [0.05, 0.1) is 5.75 Å². The smallest absolute Gasteiger partial charge is 0.151 e. The number of hydrogen-bond acceptors (Lipinski definition) is 3. The van der Waals surface area contributed by atoms with Gasteiger partial charge in [-0.2, -0.15) is 0 Å². The van der Waals surface area contributed by atoms with Crippen LogP contribution in [0.15, 0.2) is 0 Å². The molecule has 1 aliphatic carbocycles. The summed E-state index contributed by atoms with van der Waals surface area (Å²) in [4.78, 5) is 0. The third-order valence-electron chi connectivity index (χ3n) is 3.83. The molecule has 3 nitrogen and oxygen atoms in total. The summed E-state index contributed by atoms with van der Waals surface area (Å²) >= 11 is 0. The summed E-state index contributed by atoms with van der Waals surface area (Å²) in [6.45, 7) is 4.59. The van der Waals surface area contributed by atoms with Crippen molar-refractivity contribution in [3.8, 4) is 0 Å². The van der Waals surface area contributed by atoms with Crippen LogP contribution in [0.2, 0.25) is 0 Å². The van der Waals surface area contributed by atoms with E-state index in [0.717, 1.165) is 5.92 Å². The van der Waals surface area contributed by atoms with Gasteiger partial charge in [-0.05, 0) is 31.6 Å². The molecule has 0 bridgehead atoms. The summed E-state index contributed by atoms with van der Waals surface area (Å²) in [5, 5.41) is 3.40. The van der Waals surface area contributed by atoms with Gasteiger partial charge in [-0.3, -0.25) is 0 Å². The molecule has 1 N–H and O–H groups in total. The van der Waals surface area contributed by atoms with Crippen LogP contribution >= 0.6 is 0 Å². The van der Waals surface area contributed by atoms with Crippen LogP contribution in [0.5, 0.6) is 0 Å². The van der Waals surface area contributed by atoms with Gasteiger partial charge in [-0.15, -0.1) is 0 Å². The maximum atomic E-state index is 11.3. The Morgan fingerprint density at radius 3 is 2.29 bits per heavy atom. The highest BCUT2D eigenvalue weighted by Gasteiger charge is 2.20. The van der Waals surface area contributed by atoms with E-state index < -0.39 is 9.84 Å². The highest BCUT2D eigenvalue weighted by atomic mass is 32.2. The van der Waals surface area contributed by atoms with Crippen LogP contribution in [0.25, 0.3) is 0 Å². The van der Waals surface area contributed by atoms with Gasteiger partial charge in [0.15, 0.2) is 9.84 Å². The molecular weight excluding hydrogens is 234 g/mol. The quantitative estimate of drug-likeness (QED) is 0.765. The van der Waals surface area contributed by atoms with Crippen molar-refractivity contribution < 1.29 is 8.42 Å². The molecule has 0 heterocycles. The molecule has 17 heavy (non-hydrogen) atoms. The lowest BCUT2D eigenvalue weighted by molar-refractivity contribution is 0.281. The first-order valence-electron chi connectivity index (χ1n) is 7.01. The molecule has 1 aliphatic rings. The fourth-order valence-electron chi connectivity index (χ4n) is 2.63. The summed E-state index contributed by atoms with van der Waals surface area (Å²) < 4.78 is 22.7. The zero-order valence-corrected chi connectivity index (χ0v) is 12.1. The number of hydrogen-bond donors (Lipinski definition) is 1. The highest BCUT2D eigenvalue weighted by molar-refractivity contribution is 7.91. The van der Waals surface area contributed by atoms with Gasteiger partial charge < -0.3 is 5.32 Å². The average Bonchev–Trinajstić information content (AvgIpc) is 2.32. The molecule has 0 atom stereocenters. The van der Waals surface area contributed by atoms with E-state index in [9.17, 15) is 8.42 Å². The van der Waals surface area contributed by atoms with Crippen molar-refractivity contribution in [3.05, 3.63) is 0 Å². The first-order valence-corrected chi connectivity index (χ1v) is 8.83. The second-order valence-corrected chi connectivity index (χ2v) is 7.67. The summed E-state index contributed by atoms with van der Waals surface area (Å²) in [6.07, 6.45) is 7.71. The fourth-order valence-corrected chi connectivity index (χ4v) is 3.34. The molecule has 1 fully saturated rings. The maximum Gasteiger partial charge on any atom is 0.151 e. The number of sulfone groups is 1. The zero-order chi connectivity index (χ0) is 12.7. The number of nitrogens with one attached hydrogen (secondary N) is 1. The molecule has 0 aliphatic heterocycles. The van der Waals surface area contributed by atoms with Gasteiger partial charge in [0, 0.05) is 18.3 Å². The first-order chi connectivity index (χ1) is 8.07. The fraction of sp³-hybridized carbons (Fsp3) is 1.00. The van der Waals surface area contributed by atoms with Crippen molar-refractivity contribution in [2.24, 2.45) is 5.92 Å². The van der Waals surface area contributed by atoms with E-state index in [4.69, 9.17) is 0 Å². The monoisotopic (exact) mass is 261 g/mol. The minimum absolute atomic E-state index is 0.262. The molecule has 102 valence electrons. The SMILES string of the molecule is CCCC1CCC(NCCS(=O)(=O)CC)CC1. The van der Waals surface area contributed by atoms with E-state index in [2.05, 4.69) is 12.2 Å². The van der Waals surface area contributed by atoms with Gasteiger partial charge in [-0.25, -0.2) is 8.42 Å². The molecule has 0 spiro atoms. The summed E-state index contributed by atoms with van der Waals surface area (Å²) in [6, 6.07) is 0.551. The second kappa shape index (κ2) is 7.37. The molecule has 4 heteroatoms. The van der Waals surface area contributed by atoms with E-state index >= 15 is 0 Å². The molecule has 1 saturated carbocycles. The van der Waals surface area contributed by atoms with Crippen molar-refractivity contribution in [1.82, 2.24) is 5.32 Å². The minimum atomic E-state index is -2.80. The summed E-state index contributed by atoms with van der Waals surface area (Å²) in [5.41, 5.74) is 0. The van der Waals surface area contributed by atoms with Crippen molar-refractivity contribution >= 4 is 9.84 Å². The Morgan fingerprint density at radius 1 is 1.12 bits per heavy atom. The van der Waals surface area contributed by atoms with Crippen LogP contribution in [0.4, 0.5) is 0 Å². The Balaban J connectivity index is 2.14. The minimum Gasteiger partial charge on any atom is -0.313 e. The normalized spacial score (nSPS) is 26.0. The topological polar surface area (TPSA) is 46.2 Å². The summed E-state index contributed by atoms with van der Waals surface area (Å²) in [5.74, 6) is 1.47. The second-order valence-electron chi connectivity index (χ2n) is 5.20. The van der Waals surface area contributed by atoms with E-state index in [0.29, 0.717) is 18.3 Å². The van der Waals surface area contributed by atoms with E-state index in [-0.39, 0.29) is 5.75 Å². The van der Waals surface area contributed by atoms with Crippen LogP contribution in [0.3, 0.4) is 0 Å². The molecule has 0 radical (unpaired) electrons. The largest absolute Gasteiger partial charge is 0.313 e. The van der Waals surface area contributed by atoms with E-state index in [1.54, 1.807) is 6.92 Å². The van der Waals surface area contributed by atoms with Crippen molar-refractivity contribution in [2.75, 3.05) is 18.1 Å². The molecule has 1 rings (SSSR count). The zero-order valence-electron chi connectivity index (χ0n) is 11.2. The van der Waals surface area contributed by atoms with Crippen LogP contribution in [0, 0.1) is 5.92 Å². The molecule has 0 unspecified atom stereocenters. The predicted molar refractivity (Wildman–Crippen MR) is 73.0 cm³/mol. The third kappa shape index (κ3) is 5.87. The molecule has 0 amide bonds. The Hall–Kier alpha value is -0.0900. The van der Waals surface area contributed by atoms with Crippen LogP contribution in [-0.2, 0) is 9.84 Å². The Morgan fingerprint density at radius 2 is 1.76 bits per heavy atom. The average molecular weight is 261 g/mol. The Bertz CT molecular complexity index is 293. The highest BCUT2D eigenvalue weighted by Crippen LogP contribution is 2.27. The number of rotatable bonds is 7. The predicted octanol–water partition coefficient (Wildman–Crippen LogP) is 2.37. The molecule has 0 saturated heterocycles. The molecule has 0 aromatic rings. The van der Waals surface area contributed by atoms with E-state index in [1.165, 1.54) is 38.5 Å². The lowest BCUT2D eigenvalue weighted by Gasteiger charge is -2.29. The van der Waals surface area contributed by atoms with Gasteiger partial charge in [0.2, 0.25) is 0 Å². The Kier molecular flexibility index (Phi) is 6.49. The van der Waals surface area contributed by atoms with Crippen molar-refractivity contribution in [1.29, 1.82) is 0 Å². The third-order valence-corrected chi connectivity index (χ3v) is 5.54. The molecule has 0 aromatic heterocycles. The standard InChI is InChI=1S/C13H27NO2S/c1-3-5-12-6-8-13(9-7-12)14-10-11-17(15,16)4-2/h12-14H,3-11H2,1-2H3. The van der Waals surface area contributed by atoms with Crippen LogP contribution in [-0.4, -0.2) is 32.5 Å². The van der Waals surface area contributed by atoms with Gasteiger partial charge in [0.1, 0.15) is 0 Å². The Labute approximate surface area is 106 Å². The van der Waals surface area contributed by atoms with Crippen LogP contribution < -0.4 is 5.32 Å². The molecular formula is C13H27NO2S. The summed E-state index contributed by atoms with van der Waals surface area (Å²) in [7, 11) is -2.80. The van der Waals surface area contributed by atoms with E-state index in [1.807, 2.05) is 0 Å². The van der Waals surface area contributed by atoms with Gasteiger partial charge in [-0.1, -0.05) is 26.7 Å². The van der Waals surface area contributed by atoms with Gasteiger partial charge >= 0.3 is 0 Å². The van der Waals surface area contributed by atoms with Crippen LogP contribution in [0.1, 0.15) is 52.4 Å². The maximum absolute atomic E-state index is 11.3. The lowest BCUT2D eigenvalue weighted by atomic mass is 9.83. The molecule has 0 aromatic carbocycles.